The minimum atomic E-state index is -3.80. The van der Waals surface area contributed by atoms with Gasteiger partial charge in [0.2, 0.25) is 21.5 Å². The van der Waals surface area contributed by atoms with Crippen LogP contribution in [0, 0.1) is 0 Å². The lowest BCUT2D eigenvalue weighted by Gasteiger charge is -2.08. The molecule has 28 heavy (non-hydrogen) atoms. The SMILES string of the molecule is COc1ccc(OC)c(-c2oc(NS(=O)(=O)CCCBr)c(OC(C)=O)c2O)c1. The number of carbonyl (C=O) groups excluding carboxylic acids is 1. The molecular weight excluding hydrogens is 458 g/mol. The van der Waals surface area contributed by atoms with E-state index in [2.05, 4.69) is 20.7 Å². The van der Waals surface area contributed by atoms with E-state index in [-0.39, 0.29) is 17.1 Å². The Morgan fingerprint density at radius 1 is 1.29 bits per heavy atom. The maximum Gasteiger partial charge on any atom is 0.308 e. The van der Waals surface area contributed by atoms with Gasteiger partial charge in [0.25, 0.3) is 5.88 Å². The van der Waals surface area contributed by atoms with Crippen LogP contribution in [0.25, 0.3) is 11.3 Å². The van der Waals surface area contributed by atoms with Crippen molar-refractivity contribution in [3.8, 4) is 34.3 Å². The molecule has 2 N–H and O–H groups in total. The van der Waals surface area contributed by atoms with Gasteiger partial charge in [-0.05, 0) is 24.6 Å². The molecule has 0 radical (unpaired) electrons. The van der Waals surface area contributed by atoms with Crippen molar-refractivity contribution in [2.45, 2.75) is 13.3 Å². The smallest absolute Gasteiger partial charge is 0.308 e. The van der Waals surface area contributed by atoms with E-state index in [1.165, 1.54) is 20.3 Å². The van der Waals surface area contributed by atoms with Crippen LogP contribution < -0.4 is 18.9 Å². The number of furan rings is 1. The molecule has 0 amide bonds. The highest BCUT2D eigenvalue weighted by molar-refractivity contribution is 9.09. The fraction of sp³-hybridized carbons (Fsp3) is 0.353. The first kappa shape index (κ1) is 21.9. The highest BCUT2D eigenvalue weighted by Crippen LogP contribution is 2.49. The first-order valence-electron chi connectivity index (χ1n) is 8.05. The zero-order valence-electron chi connectivity index (χ0n) is 15.4. The summed E-state index contributed by atoms with van der Waals surface area (Å²) in [5.41, 5.74) is 0.277. The normalized spacial score (nSPS) is 11.1. The number of hydrogen-bond donors (Lipinski definition) is 2. The van der Waals surface area contributed by atoms with Gasteiger partial charge in [-0.15, -0.1) is 0 Å². The van der Waals surface area contributed by atoms with Crippen molar-refractivity contribution in [2.24, 2.45) is 0 Å². The number of halogens is 1. The minimum Gasteiger partial charge on any atom is -0.502 e. The van der Waals surface area contributed by atoms with E-state index >= 15 is 0 Å². The number of anilines is 1. The molecule has 11 heteroatoms. The van der Waals surface area contributed by atoms with Crippen LogP contribution in [0.1, 0.15) is 13.3 Å². The molecule has 0 bridgehead atoms. The van der Waals surface area contributed by atoms with Crippen molar-refractivity contribution in [2.75, 3.05) is 30.0 Å². The molecule has 1 aromatic carbocycles. The maximum absolute atomic E-state index is 12.2. The van der Waals surface area contributed by atoms with E-state index in [1.807, 2.05) is 0 Å². The van der Waals surface area contributed by atoms with Crippen LogP contribution in [0.5, 0.6) is 23.0 Å². The monoisotopic (exact) mass is 477 g/mol. The van der Waals surface area contributed by atoms with Crippen LogP contribution >= 0.6 is 15.9 Å². The van der Waals surface area contributed by atoms with E-state index in [0.29, 0.717) is 23.2 Å². The van der Waals surface area contributed by atoms with Gasteiger partial charge in [-0.1, -0.05) is 15.9 Å². The van der Waals surface area contributed by atoms with Gasteiger partial charge in [0, 0.05) is 12.3 Å². The van der Waals surface area contributed by atoms with Crippen molar-refractivity contribution >= 4 is 37.8 Å². The molecule has 2 aromatic rings. The summed E-state index contributed by atoms with van der Waals surface area (Å²) in [6.07, 6.45) is 0.349. The fourth-order valence-electron chi connectivity index (χ4n) is 2.32. The summed E-state index contributed by atoms with van der Waals surface area (Å²) in [5, 5.41) is 11.0. The highest BCUT2D eigenvalue weighted by Gasteiger charge is 2.28. The van der Waals surface area contributed by atoms with Crippen molar-refractivity contribution < 1.29 is 36.9 Å². The Labute approximate surface area is 170 Å². The van der Waals surface area contributed by atoms with E-state index in [9.17, 15) is 18.3 Å². The molecular formula is C17H20BrNO8S. The predicted octanol–water partition coefficient (Wildman–Crippen LogP) is 3.12. The molecule has 0 aliphatic carbocycles. The number of methoxy groups -OCH3 is 2. The summed E-state index contributed by atoms with van der Waals surface area (Å²) in [5.74, 6) is -1.74. The van der Waals surface area contributed by atoms with E-state index < -0.39 is 33.4 Å². The van der Waals surface area contributed by atoms with Gasteiger partial charge >= 0.3 is 5.97 Å². The molecule has 1 heterocycles. The lowest BCUT2D eigenvalue weighted by molar-refractivity contribution is -0.131. The third-order valence-corrected chi connectivity index (χ3v) is 5.42. The first-order chi connectivity index (χ1) is 13.2. The molecule has 9 nitrogen and oxygen atoms in total. The molecule has 0 fully saturated rings. The number of sulfonamides is 1. The van der Waals surface area contributed by atoms with Gasteiger partial charge in [0.1, 0.15) is 11.5 Å². The Balaban J connectivity index is 2.59. The van der Waals surface area contributed by atoms with Gasteiger partial charge in [-0.2, -0.15) is 0 Å². The Kier molecular flexibility index (Phi) is 7.19. The fourth-order valence-corrected chi connectivity index (χ4v) is 4.02. The average molecular weight is 478 g/mol. The topological polar surface area (TPSA) is 124 Å². The first-order valence-corrected chi connectivity index (χ1v) is 10.8. The number of rotatable bonds is 9. The summed E-state index contributed by atoms with van der Waals surface area (Å²) in [6.45, 7) is 1.11. The van der Waals surface area contributed by atoms with Gasteiger partial charge < -0.3 is 23.7 Å². The third kappa shape index (κ3) is 5.10. The predicted molar refractivity (Wildman–Crippen MR) is 106 cm³/mol. The van der Waals surface area contributed by atoms with Crippen LogP contribution in [0.2, 0.25) is 0 Å². The highest BCUT2D eigenvalue weighted by atomic mass is 79.9. The lowest BCUT2D eigenvalue weighted by Crippen LogP contribution is -2.17. The molecule has 0 atom stereocenters. The Bertz CT molecular complexity index is 954. The van der Waals surface area contributed by atoms with Crippen molar-refractivity contribution in [1.82, 2.24) is 0 Å². The summed E-state index contributed by atoms with van der Waals surface area (Å²) in [6, 6.07) is 4.75. The maximum atomic E-state index is 12.2. The summed E-state index contributed by atoms with van der Waals surface area (Å²) in [4.78, 5) is 11.4. The van der Waals surface area contributed by atoms with Crippen molar-refractivity contribution in [3.05, 3.63) is 18.2 Å². The number of carbonyl (C=O) groups is 1. The quantitative estimate of drug-likeness (QED) is 0.416. The number of hydrogen-bond acceptors (Lipinski definition) is 8. The minimum absolute atomic E-state index is 0.148. The molecule has 0 spiro atoms. The molecule has 2 rings (SSSR count). The number of benzene rings is 1. The summed E-state index contributed by atoms with van der Waals surface area (Å²) in [7, 11) is -0.923. The van der Waals surface area contributed by atoms with E-state index in [0.717, 1.165) is 6.92 Å². The van der Waals surface area contributed by atoms with Crippen LogP contribution in [0.3, 0.4) is 0 Å². The largest absolute Gasteiger partial charge is 0.502 e. The molecule has 0 unspecified atom stereocenters. The van der Waals surface area contributed by atoms with Crippen LogP contribution in [0.4, 0.5) is 5.88 Å². The second-order valence-corrected chi connectivity index (χ2v) is 8.20. The number of nitrogens with one attached hydrogen (secondary N) is 1. The van der Waals surface area contributed by atoms with Crippen molar-refractivity contribution in [1.29, 1.82) is 0 Å². The standard InChI is InChI=1S/C17H20BrNO8S/c1-10(20)26-16-14(21)15(12-9-11(24-2)5-6-13(12)25-3)27-17(16)19-28(22,23)8-4-7-18/h5-6,9,19,21H,4,7-8H2,1-3H3. The zero-order valence-corrected chi connectivity index (χ0v) is 17.8. The molecule has 154 valence electrons. The number of esters is 1. The van der Waals surface area contributed by atoms with E-state index in [1.54, 1.807) is 12.1 Å². The average Bonchev–Trinajstić information content (AvgIpc) is 2.94. The molecule has 0 saturated carbocycles. The molecule has 0 aliphatic rings. The Morgan fingerprint density at radius 3 is 2.57 bits per heavy atom. The molecule has 0 aliphatic heterocycles. The second kappa shape index (κ2) is 9.20. The van der Waals surface area contributed by atoms with Gasteiger partial charge in [-0.3, -0.25) is 4.79 Å². The number of ether oxygens (including phenoxy) is 3. The third-order valence-electron chi connectivity index (χ3n) is 3.53. The number of aromatic hydroxyl groups is 1. The van der Waals surface area contributed by atoms with E-state index in [4.69, 9.17) is 18.6 Å². The summed E-state index contributed by atoms with van der Waals surface area (Å²) >= 11 is 3.16. The summed E-state index contributed by atoms with van der Waals surface area (Å²) < 4.78 is 47.6. The second-order valence-electron chi connectivity index (χ2n) is 5.56. The van der Waals surface area contributed by atoms with Crippen LogP contribution in [0.15, 0.2) is 22.6 Å². The lowest BCUT2D eigenvalue weighted by atomic mass is 10.1. The van der Waals surface area contributed by atoms with Crippen molar-refractivity contribution in [3.63, 3.8) is 0 Å². The van der Waals surface area contributed by atoms with Crippen LogP contribution in [-0.4, -0.2) is 44.8 Å². The van der Waals surface area contributed by atoms with Gasteiger partial charge in [0.05, 0.1) is 25.5 Å². The Hall–Kier alpha value is -2.40. The van der Waals surface area contributed by atoms with Gasteiger partial charge in [-0.25, -0.2) is 13.1 Å². The Morgan fingerprint density at radius 2 is 2.00 bits per heavy atom. The van der Waals surface area contributed by atoms with Crippen LogP contribution in [-0.2, 0) is 14.8 Å². The number of alkyl halides is 1. The molecule has 0 saturated heterocycles. The molecule has 1 aromatic heterocycles. The van der Waals surface area contributed by atoms with Gasteiger partial charge in [0.15, 0.2) is 5.76 Å². The zero-order chi connectivity index (χ0) is 20.9.